The molecule has 0 aliphatic carbocycles. The molecule has 1 N–H and O–H groups in total. The van der Waals surface area contributed by atoms with Gasteiger partial charge in [0.1, 0.15) is 30.3 Å². The minimum absolute atomic E-state index is 0.163. The first-order valence-corrected chi connectivity index (χ1v) is 12.7. The van der Waals surface area contributed by atoms with Gasteiger partial charge in [-0.05, 0) is 63.5 Å². The number of carbonyl (C=O) groups is 1. The van der Waals surface area contributed by atoms with E-state index in [-0.39, 0.29) is 6.42 Å². The fourth-order valence-corrected chi connectivity index (χ4v) is 3.99. The molecule has 2 aromatic carbocycles. The van der Waals surface area contributed by atoms with Gasteiger partial charge in [0.15, 0.2) is 11.6 Å². The Kier molecular flexibility index (Phi) is 9.40. The van der Waals surface area contributed by atoms with Crippen molar-refractivity contribution in [3.8, 4) is 11.5 Å². The second kappa shape index (κ2) is 13.1. The van der Waals surface area contributed by atoms with Crippen LogP contribution in [0, 0.1) is 0 Å². The summed E-state index contributed by atoms with van der Waals surface area (Å²) in [6, 6.07) is 14.4. The van der Waals surface area contributed by atoms with Crippen LogP contribution in [0.3, 0.4) is 0 Å². The predicted octanol–water partition coefficient (Wildman–Crippen LogP) is 5.93. The number of carbonyl (C=O) groups excluding carboxylic acids is 1. The summed E-state index contributed by atoms with van der Waals surface area (Å²) >= 11 is 6.48. The Labute approximate surface area is 231 Å². The maximum Gasteiger partial charge on any atom is 0.195 e. The lowest BCUT2D eigenvalue weighted by Crippen LogP contribution is -2.13. The monoisotopic (exact) mass is 549 g/mol. The molecule has 39 heavy (non-hydrogen) atoms. The number of rotatable bonds is 12. The number of halogens is 2. The molecule has 8 nitrogen and oxygen atoms in total. The fourth-order valence-electron chi connectivity index (χ4n) is 3.76. The lowest BCUT2D eigenvalue weighted by atomic mass is 10.0. The third-order valence-electron chi connectivity index (χ3n) is 5.67. The van der Waals surface area contributed by atoms with Crippen LogP contribution in [0.5, 0.6) is 11.5 Å². The molecule has 0 fully saturated rings. The maximum atomic E-state index is 14.4. The normalized spacial score (nSPS) is 11.6. The summed E-state index contributed by atoms with van der Waals surface area (Å²) in [6.07, 6.45) is 4.24. The number of fused-ring (bicyclic) bond motifs is 1. The van der Waals surface area contributed by atoms with Crippen molar-refractivity contribution < 1.29 is 18.7 Å². The van der Waals surface area contributed by atoms with Gasteiger partial charge in [-0.15, -0.1) is 0 Å². The van der Waals surface area contributed by atoms with Gasteiger partial charge in [0, 0.05) is 41.9 Å². The van der Waals surface area contributed by atoms with Gasteiger partial charge in [-0.3, -0.25) is 9.78 Å². The minimum atomic E-state index is -0.783. The van der Waals surface area contributed by atoms with E-state index < -0.39 is 11.6 Å². The number of Topliss-reactive ketones (excluding diaryl/α,β-unsaturated/α-hetero) is 1. The summed E-state index contributed by atoms with van der Waals surface area (Å²) in [5, 5.41) is 4.32. The molecule has 0 aliphatic rings. The number of aromatic nitrogens is 3. The molecule has 4 aromatic rings. The zero-order valence-electron chi connectivity index (χ0n) is 21.9. The predicted molar refractivity (Wildman–Crippen MR) is 150 cm³/mol. The molecule has 202 valence electrons. The molecule has 10 heteroatoms. The first-order valence-electron chi connectivity index (χ1n) is 12.4. The Morgan fingerprint density at radius 1 is 1.08 bits per heavy atom. The third-order valence-corrected chi connectivity index (χ3v) is 5.96. The number of nitrogens with one attached hydrogen (secondary N) is 1. The van der Waals surface area contributed by atoms with E-state index in [0.29, 0.717) is 64.3 Å². The SMILES string of the molecule is CCOc1cc2ncnc(Nc3ccc(OCc4ccccn4)c(Cl)c3)c2cc1CC(=O)/C(F)=C/CN(C)C. The zero-order valence-corrected chi connectivity index (χ0v) is 22.7. The highest BCUT2D eigenvalue weighted by Gasteiger charge is 2.17. The number of hydrogen-bond donors (Lipinski definition) is 1. The van der Waals surface area contributed by atoms with Crippen molar-refractivity contribution in [2.45, 2.75) is 20.0 Å². The van der Waals surface area contributed by atoms with E-state index in [1.54, 1.807) is 49.5 Å². The van der Waals surface area contributed by atoms with Crippen molar-refractivity contribution >= 4 is 39.8 Å². The summed E-state index contributed by atoms with van der Waals surface area (Å²) in [7, 11) is 3.60. The molecular weight excluding hydrogens is 521 g/mol. The molecule has 0 spiro atoms. The number of pyridine rings is 1. The van der Waals surface area contributed by atoms with Crippen LogP contribution in [-0.4, -0.2) is 52.9 Å². The number of allylic oxidation sites excluding steroid dienone is 1. The van der Waals surface area contributed by atoms with E-state index in [0.717, 1.165) is 5.69 Å². The molecule has 0 atom stereocenters. The summed E-state index contributed by atoms with van der Waals surface area (Å²) in [5.74, 6) is 0.0804. The van der Waals surface area contributed by atoms with E-state index >= 15 is 0 Å². The van der Waals surface area contributed by atoms with E-state index in [1.165, 1.54) is 12.4 Å². The number of hydrogen-bond acceptors (Lipinski definition) is 8. The Morgan fingerprint density at radius 2 is 1.92 bits per heavy atom. The number of anilines is 2. The highest BCUT2D eigenvalue weighted by Crippen LogP contribution is 2.33. The van der Waals surface area contributed by atoms with Crippen LogP contribution >= 0.6 is 11.6 Å². The minimum Gasteiger partial charge on any atom is -0.494 e. The van der Waals surface area contributed by atoms with Gasteiger partial charge >= 0.3 is 0 Å². The third kappa shape index (κ3) is 7.49. The van der Waals surface area contributed by atoms with Crippen LogP contribution in [0.4, 0.5) is 15.9 Å². The van der Waals surface area contributed by atoms with Gasteiger partial charge in [0.25, 0.3) is 0 Å². The van der Waals surface area contributed by atoms with Crippen molar-refractivity contribution in [3.63, 3.8) is 0 Å². The van der Waals surface area contributed by atoms with Crippen LogP contribution in [0.25, 0.3) is 10.9 Å². The number of likely N-dealkylation sites (N-methyl/N-ethyl adjacent to an activating group) is 1. The number of benzene rings is 2. The van der Waals surface area contributed by atoms with Gasteiger partial charge in [-0.2, -0.15) is 0 Å². The number of ketones is 1. The molecule has 0 saturated heterocycles. The van der Waals surface area contributed by atoms with Crippen LogP contribution < -0.4 is 14.8 Å². The quantitative estimate of drug-likeness (QED) is 0.218. The Morgan fingerprint density at radius 3 is 2.64 bits per heavy atom. The Balaban J connectivity index is 1.58. The average molecular weight is 550 g/mol. The van der Waals surface area contributed by atoms with Crippen LogP contribution in [0.15, 0.2) is 73.0 Å². The van der Waals surface area contributed by atoms with Gasteiger partial charge in [0.2, 0.25) is 0 Å². The smallest absolute Gasteiger partial charge is 0.195 e. The van der Waals surface area contributed by atoms with Crippen molar-refractivity contribution in [2.75, 3.05) is 32.6 Å². The highest BCUT2D eigenvalue weighted by atomic mass is 35.5. The summed E-state index contributed by atoms with van der Waals surface area (Å²) in [5.41, 5.74) is 2.61. The van der Waals surface area contributed by atoms with Crippen molar-refractivity contribution in [1.29, 1.82) is 0 Å². The van der Waals surface area contributed by atoms with Crippen LogP contribution in [0.2, 0.25) is 5.02 Å². The molecule has 0 amide bonds. The van der Waals surface area contributed by atoms with Gasteiger partial charge in [0.05, 0.1) is 22.8 Å². The average Bonchev–Trinajstić information content (AvgIpc) is 2.92. The van der Waals surface area contributed by atoms with E-state index in [9.17, 15) is 9.18 Å². The van der Waals surface area contributed by atoms with Crippen molar-refractivity contribution in [2.24, 2.45) is 0 Å². The molecule has 0 bridgehead atoms. The molecule has 0 aliphatic heterocycles. The molecule has 2 aromatic heterocycles. The Bertz CT molecular complexity index is 1480. The standard InChI is InChI=1S/C29H29ClFN5O3/c1-4-38-28-16-25-22(13-19(28)14-26(37)24(31)10-12-36(2)3)29(34-18-33-25)35-20-8-9-27(23(30)15-20)39-17-21-7-5-6-11-32-21/h5-11,13,15-16,18H,4,12,14,17H2,1-3H3,(H,33,34,35)/b24-10-. The number of ether oxygens (including phenoxy) is 2. The largest absolute Gasteiger partial charge is 0.494 e. The van der Waals surface area contributed by atoms with E-state index in [2.05, 4.69) is 20.3 Å². The summed E-state index contributed by atoms with van der Waals surface area (Å²) in [4.78, 5) is 27.4. The second-order valence-corrected chi connectivity index (χ2v) is 9.33. The molecule has 4 rings (SSSR count). The first-order chi connectivity index (χ1) is 18.8. The molecule has 0 unspecified atom stereocenters. The second-order valence-electron chi connectivity index (χ2n) is 8.93. The topological polar surface area (TPSA) is 89.5 Å². The number of nitrogens with zero attached hydrogens (tertiary/aromatic N) is 4. The molecule has 2 heterocycles. The first kappa shape index (κ1) is 27.9. The highest BCUT2D eigenvalue weighted by molar-refractivity contribution is 6.32. The fraction of sp³-hybridized carbons (Fsp3) is 0.241. The van der Waals surface area contributed by atoms with E-state index in [4.69, 9.17) is 21.1 Å². The van der Waals surface area contributed by atoms with Crippen molar-refractivity contribution in [3.05, 3.63) is 89.2 Å². The Hall–Kier alpha value is -4.08. The van der Waals surface area contributed by atoms with Gasteiger partial charge in [-0.1, -0.05) is 17.7 Å². The molecule has 0 saturated carbocycles. The molecular formula is C29H29ClFN5O3. The zero-order chi connectivity index (χ0) is 27.8. The summed E-state index contributed by atoms with van der Waals surface area (Å²) < 4.78 is 26.0. The molecule has 0 radical (unpaired) electrons. The van der Waals surface area contributed by atoms with Gasteiger partial charge < -0.3 is 19.7 Å². The lowest BCUT2D eigenvalue weighted by molar-refractivity contribution is -0.116. The van der Waals surface area contributed by atoms with E-state index in [1.807, 2.05) is 31.2 Å². The van der Waals surface area contributed by atoms with Crippen LogP contribution in [-0.2, 0) is 17.8 Å². The lowest BCUT2D eigenvalue weighted by Gasteiger charge is -2.14. The van der Waals surface area contributed by atoms with Crippen molar-refractivity contribution in [1.82, 2.24) is 19.9 Å². The van der Waals surface area contributed by atoms with Gasteiger partial charge in [-0.25, -0.2) is 14.4 Å². The maximum absolute atomic E-state index is 14.4. The summed E-state index contributed by atoms with van der Waals surface area (Å²) in [6.45, 7) is 2.84. The van der Waals surface area contributed by atoms with Crippen LogP contribution in [0.1, 0.15) is 18.2 Å².